The van der Waals surface area contributed by atoms with Gasteiger partial charge < -0.3 is 4.42 Å². The molecule has 0 unspecified atom stereocenters. The van der Waals surface area contributed by atoms with Crippen molar-refractivity contribution >= 4 is 11.9 Å². The average Bonchev–Trinajstić information content (AvgIpc) is 2.68. The second-order valence-electron chi connectivity index (χ2n) is 3.68. The van der Waals surface area contributed by atoms with Gasteiger partial charge in [-0.3, -0.25) is 10.1 Å². The number of benzene rings is 1. The Bertz CT molecular complexity index is 563. The highest BCUT2D eigenvalue weighted by Gasteiger charge is 2.14. The van der Waals surface area contributed by atoms with E-state index in [-0.39, 0.29) is 11.6 Å². The number of aryl methyl sites for hydroxylation is 2. The lowest BCUT2D eigenvalue weighted by molar-refractivity contribution is 0.102. The van der Waals surface area contributed by atoms with Gasteiger partial charge in [0.25, 0.3) is 5.91 Å². The zero-order chi connectivity index (χ0) is 12.4. The molecule has 88 valence electrons. The molecule has 0 bridgehead atoms. The number of amides is 1. The highest BCUT2D eigenvalue weighted by Crippen LogP contribution is 2.14. The first-order valence-corrected chi connectivity index (χ1v) is 5.06. The number of halogens is 1. The van der Waals surface area contributed by atoms with Crippen LogP contribution in [0, 0.1) is 19.7 Å². The van der Waals surface area contributed by atoms with Gasteiger partial charge in [0.1, 0.15) is 12.1 Å². The van der Waals surface area contributed by atoms with E-state index in [1.54, 1.807) is 26.0 Å². The summed E-state index contributed by atoms with van der Waals surface area (Å²) in [6, 6.07) is 4.69. The van der Waals surface area contributed by atoms with E-state index >= 15 is 0 Å². The Kier molecular flexibility index (Phi) is 2.91. The van der Waals surface area contributed by atoms with Gasteiger partial charge >= 0.3 is 6.01 Å². The van der Waals surface area contributed by atoms with Crippen LogP contribution >= 0.6 is 0 Å². The van der Waals surface area contributed by atoms with Gasteiger partial charge in [-0.1, -0.05) is 12.1 Å². The van der Waals surface area contributed by atoms with Gasteiger partial charge in [-0.2, -0.15) is 4.98 Å². The zero-order valence-electron chi connectivity index (χ0n) is 9.45. The lowest BCUT2D eigenvalue weighted by Gasteiger charge is -2.04. The summed E-state index contributed by atoms with van der Waals surface area (Å²) in [6.45, 7) is 3.33. The topological polar surface area (TPSA) is 55.1 Å². The molecule has 1 heterocycles. The third-order valence-electron chi connectivity index (χ3n) is 2.28. The van der Waals surface area contributed by atoms with Crippen LogP contribution in [-0.2, 0) is 0 Å². The Labute approximate surface area is 97.5 Å². The van der Waals surface area contributed by atoms with Crippen LogP contribution < -0.4 is 5.32 Å². The van der Waals surface area contributed by atoms with Crippen LogP contribution in [0.2, 0.25) is 0 Å². The summed E-state index contributed by atoms with van der Waals surface area (Å²) in [7, 11) is 0. The van der Waals surface area contributed by atoms with Gasteiger partial charge in [0, 0.05) is 0 Å². The molecule has 0 aliphatic rings. The summed E-state index contributed by atoms with van der Waals surface area (Å²) in [5.41, 5.74) is 1.03. The molecular formula is C12H11FN2O2. The molecule has 2 rings (SSSR count). The summed E-state index contributed by atoms with van der Waals surface area (Å²) in [4.78, 5) is 15.7. The molecule has 1 aromatic carbocycles. The molecule has 17 heavy (non-hydrogen) atoms. The maximum absolute atomic E-state index is 13.6. The third-order valence-corrected chi connectivity index (χ3v) is 2.28. The fourth-order valence-corrected chi connectivity index (χ4v) is 1.40. The summed E-state index contributed by atoms with van der Waals surface area (Å²) in [6.07, 6.45) is 1.40. The fraction of sp³-hybridized carbons (Fsp3) is 0.167. The number of aromatic nitrogens is 1. The van der Waals surface area contributed by atoms with E-state index < -0.39 is 11.7 Å². The first-order chi connectivity index (χ1) is 8.08. The van der Waals surface area contributed by atoms with Gasteiger partial charge in [-0.25, -0.2) is 4.39 Å². The van der Waals surface area contributed by atoms with Crippen LogP contribution in [0.5, 0.6) is 0 Å². The Morgan fingerprint density at radius 1 is 1.41 bits per heavy atom. The second kappa shape index (κ2) is 4.37. The number of nitrogens with zero attached hydrogens (tertiary/aromatic N) is 1. The summed E-state index contributed by atoms with van der Waals surface area (Å²) in [5.74, 6) is -1.11. The molecule has 1 amide bonds. The molecule has 0 atom stereocenters. The molecule has 0 aliphatic heterocycles. The van der Waals surface area contributed by atoms with Gasteiger partial charge in [0.15, 0.2) is 0 Å². The quantitative estimate of drug-likeness (QED) is 0.869. The van der Waals surface area contributed by atoms with Crippen molar-refractivity contribution < 1.29 is 13.6 Å². The van der Waals surface area contributed by atoms with Gasteiger partial charge in [0.05, 0.1) is 11.3 Å². The highest BCUT2D eigenvalue weighted by molar-refractivity contribution is 6.03. The van der Waals surface area contributed by atoms with E-state index in [0.717, 1.165) is 0 Å². The largest absolute Gasteiger partial charge is 0.432 e. The molecular weight excluding hydrogens is 223 g/mol. The highest BCUT2D eigenvalue weighted by atomic mass is 19.1. The smallest absolute Gasteiger partial charge is 0.301 e. The van der Waals surface area contributed by atoms with Crippen molar-refractivity contribution in [1.82, 2.24) is 4.98 Å². The molecule has 0 saturated heterocycles. The first-order valence-electron chi connectivity index (χ1n) is 5.06. The van der Waals surface area contributed by atoms with Crippen molar-refractivity contribution in [1.29, 1.82) is 0 Å². The molecule has 1 aromatic heterocycles. The minimum atomic E-state index is -0.576. The van der Waals surface area contributed by atoms with Crippen LogP contribution in [-0.4, -0.2) is 10.9 Å². The van der Waals surface area contributed by atoms with E-state index in [0.29, 0.717) is 11.3 Å². The number of carbonyl (C=O) groups excluding carboxylic acids is 1. The predicted octanol–water partition coefficient (Wildman–Crippen LogP) is 2.68. The number of oxazole rings is 1. The maximum atomic E-state index is 13.6. The van der Waals surface area contributed by atoms with Crippen molar-refractivity contribution in [3.8, 4) is 0 Å². The zero-order valence-corrected chi connectivity index (χ0v) is 9.45. The Hall–Kier alpha value is -2.17. The minimum absolute atomic E-state index is 0.0270. The number of hydrogen-bond donors (Lipinski definition) is 1. The molecule has 2 aromatic rings. The molecule has 0 saturated carbocycles. The van der Waals surface area contributed by atoms with Crippen molar-refractivity contribution in [3.05, 3.63) is 47.1 Å². The summed E-state index contributed by atoms with van der Waals surface area (Å²) >= 11 is 0. The van der Waals surface area contributed by atoms with Crippen LogP contribution in [0.15, 0.2) is 28.9 Å². The van der Waals surface area contributed by atoms with Crippen molar-refractivity contribution in [2.75, 3.05) is 5.32 Å². The predicted molar refractivity (Wildman–Crippen MR) is 60.3 cm³/mol. The van der Waals surface area contributed by atoms with E-state index in [9.17, 15) is 9.18 Å². The monoisotopic (exact) mass is 234 g/mol. The van der Waals surface area contributed by atoms with Crippen molar-refractivity contribution in [2.45, 2.75) is 13.8 Å². The Balaban J connectivity index is 2.23. The Morgan fingerprint density at radius 3 is 2.82 bits per heavy atom. The Morgan fingerprint density at radius 2 is 2.18 bits per heavy atom. The van der Waals surface area contributed by atoms with Crippen molar-refractivity contribution in [3.63, 3.8) is 0 Å². The lowest BCUT2D eigenvalue weighted by Crippen LogP contribution is -2.14. The minimum Gasteiger partial charge on any atom is -0.432 e. The van der Waals surface area contributed by atoms with E-state index in [2.05, 4.69) is 10.3 Å². The normalized spacial score (nSPS) is 10.3. The van der Waals surface area contributed by atoms with E-state index in [1.807, 2.05) is 0 Å². The third kappa shape index (κ3) is 2.33. The summed E-state index contributed by atoms with van der Waals surface area (Å²) in [5, 5.41) is 2.39. The van der Waals surface area contributed by atoms with Crippen LogP contribution in [0.1, 0.15) is 21.6 Å². The number of anilines is 1. The summed E-state index contributed by atoms with van der Waals surface area (Å²) < 4.78 is 18.6. The molecule has 0 spiro atoms. The SMILES string of the molecule is Cc1coc(NC(=O)c2cccc(C)c2F)n1. The lowest BCUT2D eigenvalue weighted by atomic mass is 10.1. The molecule has 0 aliphatic carbocycles. The maximum Gasteiger partial charge on any atom is 0.301 e. The van der Waals surface area contributed by atoms with Crippen molar-refractivity contribution in [2.24, 2.45) is 0 Å². The number of nitrogens with one attached hydrogen (secondary N) is 1. The molecule has 1 N–H and O–H groups in total. The molecule has 0 fully saturated rings. The standard InChI is InChI=1S/C12H11FN2O2/c1-7-4-3-5-9(10(7)13)11(16)15-12-14-8(2)6-17-12/h3-6H,1-2H3,(H,14,15,16). The van der Waals surface area contributed by atoms with E-state index in [4.69, 9.17) is 4.42 Å². The number of carbonyl (C=O) groups is 1. The van der Waals surface area contributed by atoms with Crippen LogP contribution in [0.4, 0.5) is 10.4 Å². The van der Waals surface area contributed by atoms with E-state index in [1.165, 1.54) is 12.3 Å². The molecule has 0 radical (unpaired) electrons. The number of rotatable bonds is 2. The van der Waals surface area contributed by atoms with Gasteiger partial charge in [-0.15, -0.1) is 0 Å². The molecule has 5 heteroatoms. The average molecular weight is 234 g/mol. The molecule has 4 nitrogen and oxygen atoms in total. The first kappa shape index (κ1) is 11.3. The second-order valence-corrected chi connectivity index (χ2v) is 3.68. The fourth-order valence-electron chi connectivity index (χ4n) is 1.40. The van der Waals surface area contributed by atoms with Crippen LogP contribution in [0.25, 0.3) is 0 Å². The number of hydrogen-bond acceptors (Lipinski definition) is 3. The van der Waals surface area contributed by atoms with Gasteiger partial charge in [0.2, 0.25) is 0 Å². The van der Waals surface area contributed by atoms with Crippen LogP contribution in [0.3, 0.4) is 0 Å². The van der Waals surface area contributed by atoms with Gasteiger partial charge in [-0.05, 0) is 25.5 Å².